The minimum absolute atomic E-state index is 0.0594. The van der Waals surface area contributed by atoms with Crippen molar-refractivity contribution in [1.29, 1.82) is 0 Å². The van der Waals surface area contributed by atoms with E-state index in [1.165, 1.54) is 7.11 Å². The van der Waals surface area contributed by atoms with Gasteiger partial charge in [-0.25, -0.2) is 0 Å². The minimum Gasteiger partial charge on any atom is -0.494 e. The number of unbranched alkanes of at least 4 members (excludes halogenated alkanes) is 1. The quantitative estimate of drug-likeness (QED) is 0.533. The summed E-state index contributed by atoms with van der Waals surface area (Å²) >= 11 is 11.0. The number of anilines is 2. The number of ether oxygens (including phenoxy) is 1. The first-order valence-corrected chi connectivity index (χ1v) is 10.0. The van der Waals surface area contributed by atoms with Crippen molar-refractivity contribution in [1.82, 2.24) is 5.32 Å². The molecule has 0 saturated carbocycles. The summed E-state index contributed by atoms with van der Waals surface area (Å²) in [6.45, 7) is 2.03. The lowest BCUT2D eigenvalue weighted by atomic mass is 10.1. The summed E-state index contributed by atoms with van der Waals surface area (Å²) in [5.41, 5.74) is 2.04. The Morgan fingerprint density at radius 2 is 1.79 bits per heavy atom. The molecule has 0 saturated heterocycles. The van der Waals surface area contributed by atoms with Gasteiger partial charge >= 0.3 is 0 Å². The van der Waals surface area contributed by atoms with Crippen LogP contribution in [0.5, 0.6) is 5.75 Å². The van der Waals surface area contributed by atoms with Crippen molar-refractivity contribution in [2.75, 3.05) is 17.7 Å². The molecule has 6 nitrogen and oxygen atoms in total. The van der Waals surface area contributed by atoms with Gasteiger partial charge in [0.1, 0.15) is 5.75 Å². The van der Waals surface area contributed by atoms with E-state index in [1.54, 1.807) is 42.5 Å². The molecule has 0 heterocycles. The zero-order chi connectivity index (χ0) is 21.2. The zero-order valence-corrected chi connectivity index (χ0v) is 18.0. The fraction of sp³-hybridized carbons (Fsp3) is 0.286. The van der Waals surface area contributed by atoms with E-state index in [1.807, 2.05) is 6.92 Å². The molecular formula is C21H24ClN3O3S. The Morgan fingerprint density at radius 1 is 1.07 bits per heavy atom. The van der Waals surface area contributed by atoms with Gasteiger partial charge in [-0.2, -0.15) is 0 Å². The number of thiocarbonyl (C=S) groups is 1. The standard InChI is InChI=1S/C21H24ClN3O3S/c1-3-4-5-19(26)24-17-11-10-16(13-18(17)28-2)23-21(29)25-20(27)12-14-6-8-15(22)9-7-14/h6-11,13H,3-5,12H2,1-2H3,(H,24,26)(H2,23,25,27,29). The van der Waals surface area contributed by atoms with E-state index >= 15 is 0 Å². The lowest BCUT2D eigenvalue weighted by Crippen LogP contribution is -2.35. The fourth-order valence-corrected chi connectivity index (χ4v) is 2.90. The number of nitrogens with one attached hydrogen (secondary N) is 3. The average Bonchev–Trinajstić information content (AvgIpc) is 2.69. The van der Waals surface area contributed by atoms with Crippen molar-refractivity contribution in [3.05, 3.63) is 53.1 Å². The highest BCUT2D eigenvalue weighted by Crippen LogP contribution is 2.28. The molecule has 0 unspecified atom stereocenters. The molecule has 0 spiro atoms. The maximum absolute atomic E-state index is 12.1. The van der Waals surface area contributed by atoms with E-state index in [-0.39, 0.29) is 23.3 Å². The van der Waals surface area contributed by atoms with Crippen LogP contribution in [0.15, 0.2) is 42.5 Å². The molecule has 2 amide bonds. The number of halogens is 1. The van der Waals surface area contributed by atoms with E-state index in [0.717, 1.165) is 18.4 Å². The molecule has 0 bridgehead atoms. The largest absolute Gasteiger partial charge is 0.494 e. The van der Waals surface area contributed by atoms with Crippen LogP contribution < -0.4 is 20.7 Å². The normalized spacial score (nSPS) is 10.2. The molecule has 3 N–H and O–H groups in total. The molecule has 0 radical (unpaired) electrons. The third-order valence-corrected chi connectivity index (χ3v) is 4.48. The first kappa shape index (κ1) is 22.6. The lowest BCUT2D eigenvalue weighted by molar-refractivity contribution is -0.119. The molecule has 0 aliphatic rings. The summed E-state index contributed by atoms with van der Waals surface area (Å²) in [5.74, 6) is 0.197. The third-order valence-electron chi connectivity index (χ3n) is 4.02. The zero-order valence-electron chi connectivity index (χ0n) is 16.4. The number of benzene rings is 2. The van der Waals surface area contributed by atoms with E-state index < -0.39 is 0 Å². The number of hydrogen-bond donors (Lipinski definition) is 3. The highest BCUT2D eigenvalue weighted by molar-refractivity contribution is 7.80. The van der Waals surface area contributed by atoms with Crippen molar-refractivity contribution in [2.24, 2.45) is 0 Å². The van der Waals surface area contributed by atoms with Crippen LogP contribution in [-0.2, 0) is 16.0 Å². The van der Waals surface area contributed by atoms with Crippen LogP contribution in [0, 0.1) is 0 Å². The number of amides is 2. The Balaban J connectivity index is 1.92. The van der Waals surface area contributed by atoms with E-state index in [4.69, 9.17) is 28.6 Å². The number of carbonyl (C=O) groups is 2. The monoisotopic (exact) mass is 433 g/mol. The molecule has 0 atom stereocenters. The van der Waals surface area contributed by atoms with Crippen LogP contribution in [0.25, 0.3) is 0 Å². The van der Waals surface area contributed by atoms with Crippen LogP contribution in [0.1, 0.15) is 31.7 Å². The Kier molecular flexibility index (Phi) is 8.89. The van der Waals surface area contributed by atoms with Gasteiger partial charge in [0.15, 0.2) is 5.11 Å². The number of rotatable bonds is 8. The molecule has 29 heavy (non-hydrogen) atoms. The summed E-state index contributed by atoms with van der Waals surface area (Å²) in [6.07, 6.45) is 2.43. The summed E-state index contributed by atoms with van der Waals surface area (Å²) in [5, 5.41) is 9.20. The SMILES string of the molecule is CCCCC(=O)Nc1ccc(NC(=S)NC(=O)Cc2ccc(Cl)cc2)cc1OC. The third kappa shape index (κ3) is 7.71. The van der Waals surface area contributed by atoms with Crippen molar-refractivity contribution >= 4 is 52.1 Å². The fourth-order valence-electron chi connectivity index (χ4n) is 2.54. The Hall–Kier alpha value is -2.64. The summed E-state index contributed by atoms with van der Waals surface area (Å²) in [4.78, 5) is 24.1. The van der Waals surface area contributed by atoms with Gasteiger partial charge in [0.05, 0.1) is 19.2 Å². The minimum atomic E-state index is -0.239. The number of methoxy groups -OCH3 is 1. The first-order chi connectivity index (χ1) is 13.9. The maximum atomic E-state index is 12.1. The van der Waals surface area contributed by atoms with Crippen LogP contribution >= 0.6 is 23.8 Å². The van der Waals surface area contributed by atoms with E-state index in [0.29, 0.717) is 28.6 Å². The molecule has 8 heteroatoms. The van der Waals surface area contributed by atoms with Crippen molar-refractivity contribution < 1.29 is 14.3 Å². The molecule has 0 aliphatic carbocycles. The van der Waals surface area contributed by atoms with E-state index in [2.05, 4.69) is 16.0 Å². The maximum Gasteiger partial charge on any atom is 0.230 e. The second-order valence-corrected chi connectivity index (χ2v) is 7.22. The summed E-state index contributed by atoms with van der Waals surface area (Å²) in [6, 6.07) is 12.2. The number of hydrogen-bond acceptors (Lipinski definition) is 4. The van der Waals surface area contributed by atoms with Crippen molar-refractivity contribution in [3.63, 3.8) is 0 Å². The lowest BCUT2D eigenvalue weighted by Gasteiger charge is -2.14. The molecule has 2 rings (SSSR count). The van der Waals surface area contributed by atoms with Crippen LogP contribution in [0.3, 0.4) is 0 Å². The van der Waals surface area contributed by atoms with Gasteiger partial charge in [0.2, 0.25) is 11.8 Å². The molecule has 2 aromatic carbocycles. The van der Waals surface area contributed by atoms with Gasteiger partial charge in [-0.15, -0.1) is 0 Å². The van der Waals surface area contributed by atoms with Crippen LogP contribution in [0.4, 0.5) is 11.4 Å². The highest BCUT2D eigenvalue weighted by Gasteiger charge is 2.10. The predicted molar refractivity (Wildman–Crippen MR) is 121 cm³/mol. The molecule has 2 aromatic rings. The Morgan fingerprint density at radius 3 is 2.45 bits per heavy atom. The highest BCUT2D eigenvalue weighted by atomic mass is 35.5. The molecule has 154 valence electrons. The Labute approximate surface area is 181 Å². The van der Waals surface area contributed by atoms with Gasteiger partial charge in [-0.1, -0.05) is 37.1 Å². The Bertz CT molecular complexity index is 872. The predicted octanol–water partition coefficient (Wildman–Crippen LogP) is 4.53. The first-order valence-electron chi connectivity index (χ1n) is 9.24. The van der Waals surface area contributed by atoms with Crippen molar-refractivity contribution in [3.8, 4) is 5.75 Å². The smallest absolute Gasteiger partial charge is 0.230 e. The topological polar surface area (TPSA) is 79.5 Å². The van der Waals surface area contributed by atoms with Gasteiger partial charge < -0.3 is 20.7 Å². The van der Waals surface area contributed by atoms with E-state index in [9.17, 15) is 9.59 Å². The molecule has 0 aromatic heterocycles. The van der Waals surface area contributed by atoms with Gasteiger partial charge in [0, 0.05) is 23.2 Å². The summed E-state index contributed by atoms with van der Waals surface area (Å²) in [7, 11) is 1.52. The second kappa shape index (κ2) is 11.4. The average molecular weight is 434 g/mol. The second-order valence-electron chi connectivity index (χ2n) is 6.37. The van der Waals surface area contributed by atoms with Gasteiger partial charge in [-0.3, -0.25) is 9.59 Å². The van der Waals surface area contributed by atoms with Gasteiger partial charge in [-0.05, 0) is 48.5 Å². The number of carbonyl (C=O) groups excluding carboxylic acids is 2. The van der Waals surface area contributed by atoms with Crippen molar-refractivity contribution in [2.45, 2.75) is 32.6 Å². The molecule has 0 fully saturated rings. The summed E-state index contributed by atoms with van der Waals surface area (Å²) < 4.78 is 5.35. The molecule has 0 aliphatic heterocycles. The van der Waals surface area contributed by atoms with Crippen LogP contribution in [-0.4, -0.2) is 24.0 Å². The van der Waals surface area contributed by atoms with Crippen LogP contribution in [0.2, 0.25) is 5.02 Å². The molecular weight excluding hydrogens is 410 g/mol. The van der Waals surface area contributed by atoms with Gasteiger partial charge in [0.25, 0.3) is 0 Å².